The third-order valence-electron chi connectivity index (χ3n) is 2.79. The lowest BCUT2D eigenvalue weighted by Crippen LogP contribution is -2.23. The molecule has 20 heavy (non-hydrogen) atoms. The number of halogens is 1. The lowest BCUT2D eigenvalue weighted by atomic mass is 10.2. The van der Waals surface area contributed by atoms with Crippen LogP contribution in [-0.4, -0.2) is 8.42 Å². The lowest BCUT2D eigenvalue weighted by molar-refractivity contribution is 0.478. The van der Waals surface area contributed by atoms with Gasteiger partial charge in [0.2, 0.25) is 10.0 Å². The Kier molecular flexibility index (Phi) is 4.64. The van der Waals surface area contributed by atoms with E-state index >= 15 is 0 Å². The summed E-state index contributed by atoms with van der Waals surface area (Å²) in [4.78, 5) is 0.134. The van der Waals surface area contributed by atoms with Gasteiger partial charge in [-0.1, -0.05) is 28.1 Å². The molecule has 0 atom stereocenters. The topological polar surface area (TPSA) is 85.3 Å². The van der Waals surface area contributed by atoms with Gasteiger partial charge >= 0.3 is 0 Å². The van der Waals surface area contributed by atoms with E-state index < -0.39 is 10.0 Å². The summed E-state index contributed by atoms with van der Waals surface area (Å²) < 4.78 is 33.2. The first-order chi connectivity index (χ1) is 9.42. The zero-order chi connectivity index (χ0) is 14.8. The van der Waals surface area contributed by atoms with Crippen molar-refractivity contribution in [2.24, 2.45) is 5.73 Å². The summed E-state index contributed by atoms with van der Waals surface area (Å²) in [5.41, 5.74) is 6.31. The highest BCUT2D eigenvalue weighted by Gasteiger charge is 2.20. The van der Waals surface area contributed by atoms with Gasteiger partial charge in [-0.15, -0.1) is 0 Å². The molecule has 5 nitrogen and oxygen atoms in total. The van der Waals surface area contributed by atoms with Crippen LogP contribution in [-0.2, 0) is 23.1 Å². The van der Waals surface area contributed by atoms with Crippen molar-refractivity contribution in [2.45, 2.75) is 24.9 Å². The van der Waals surface area contributed by atoms with Gasteiger partial charge in [0.05, 0.1) is 6.54 Å². The molecule has 0 saturated carbocycles. The molecular weight excluding hydrogens is 344 g/mol. The van der Waals surface area contributed by atoms with Crippen molar-refractivity contribution in [3.8, 4) is 0 Å². The van der Waals surface area contributed by atoms with E-state index in [1.807, 2.05) is 24.3 Å². The van der Waals surface area contributed by atoms with Crippen LogP contribution in [0.3, 0.4) is 0 Å². The van der Waals surface area contributed by atoms with Crippen LogP contribution in [0.5, 0.6) is 0 Å². The maximum Gasteiger partial charge on any atom is 0.244 e. The van der Waals surface area contributed by atoms with Gasteiger partial charge in [-0.2, -0.15) is 0 Å². The third-order valence-corrected chi connectivity index (χ3v) is 4.83. The SMILES string of the molecule is Cc1oc(CN)cc1S(=O)(=O)NCc1ccc(Br)cc1. The Morgan fingerprint density at radius 2 is 1.95 bits per heavy atom. The van der Waals surface area contributed by atoms with Crippen molar-refractivity contribution in [2.75, 3.05) is 0 Å². The van der Waals surface area contributed by atoms with E-state index in [0.29, 0.717) is 11.5 Å². The summed E-state index contributed by atoms with van der Waals surface area (Å²) in [6.07, 6.45) is 0. The molecule has 0 spiro atoms. The van der Waals surface area contributed by atoms with Gasteiger partial charge < -0.3 is 10.2 Å². The van der Waals surface area contributed by atoms with Gasteiger partial charge in [-0.3, -0.25) is 0 Å². The highest BCUT2D eigenvalue weighted by atomic mass is 79.9. The summed E-state index contributed by atoms with van der Waals surface area (Å²) in [7, 11) is -3.60. The number of furan rings is 1. The molecule has 108 valence electrons. The van der Waals surface area contributed by atoms with Gasteiger partial charge in [0, 0.05) is 17.1 Å². The third kappa shape index (κ3) is 3.49. The molecule has 0 aliphatic carbocycles. The second-order valence-electron chi connectivity index (χ2n) is 4.29. The van der Waals surface area contributed by atoms with Gasteiger partial charge in [0.1, 0.15) is 16.4 Å². The number of hydrogen-bond acceptors (Lipinski definition) is 4. The molecule has 7 heteroatoms. The Morgan fingerprint density at radius 1 is 1.30 bits per heavy atom. The first-order valence-corrected chi connectivity index (χ1v) is 8.23. The Bertz CT molecular complexity index is 693. The summed E-state index contributed by atoms with van der Waals surface area (Å²) in [5.74, 6) is 0.792. The molecule has 1 aromatic heterocycles. The van der Waals surface area contributed by atoms with Crippen molar-refractivity contribution in [1.29, 1.82) is 0 Å². The van der Waals surface area contributed by atoms with E-state index in [1.54, 1.807) is 6.92 Å². The highest BCUT2D eigenvalue weighted by molar-refractivity contribution is 9.10. The zero-order valence-electron chi connectivity index (χ0n) is 10.9. The Labute approximate surface area is 126 Å². The lowest BCUT2D eigenvalue weighted by Gasteiger charge is -2.05. The average molecular weight is 359 g/mol. The van der Waals surface area contributed by atoms with Crippen molar-refractivity contribution in [1.82, 2.24) is 4.72 Å². The van der Waals surface area contributed by atoms with Crippen LogP contribution in [0.2, 0.25) is 0 Å². The molecule has 0 fully saturated rings. The molecule has 2 rings (SSSR count). The molecule has 0 saturated heterocycles. The number of nitrogens with one attached hydrogen (secondary N) is 1. The molecule has 0 aliphatic heterocycles. The number of aryl methyl sites for hydroxylation is 1. The van der Waals surface area contributed by atoms with Crippen LogP contribution in [0, 0.1) is 6.92 Å². The van der Waals surface area contributed by atoms with Crippen molar-refractivity contribution in [3.05, 3.63) is 51.9 Å². The van der Waals surface area contributed by atoms with Gasteiger partial charge in [-0.05, 0) is 24.6 Å². The number of hydrogen-bond donors (Lipinski definition) is 2. The average Bonchev–Trinajstić information content (AvgIpc) is 2.80. The standard InChI is InChI=1S/C13H15BrN2O3S/c1-9-13(6-12(7-15)19-9)20(17,18)16-8-10-2-4-11(14)5-3-10/h2-6,16H,7-8,15H2,1H3. The Morgan fingerprint density at radius 3 is 2.50 bits per heavy atom. The summed E-state index contributed by atoms with van der Waals surface area (Å²) in [6, 6.07) is 8.87. The molecule has 0 bridgehead atoms. The summed E-state index contributed by atoms with van der Waals surface area (Å²) in [6.45, 7) is 1.99. The van der Waals surface area contributed by atoms with Crippen molar-refractivity contribution in [3.63, 3.8) is 0 Å². The summed E-state index contributed by atoms with van der Waals surface area (Å²) in [5, 5.41) is 0. The quantitative estimate of drug-likeness (QED) is 0.858. The minimum atomic E-state index is -3.60. The van der Waals surface area contributed by atoms with Crippen LogP contribution in [0.15, 0.2) is 44.1 Å². The van der Waals surface area contributed by atoms with E-state index in [1.165, 1.54) is 6.07 Å². The first-order valence-electron chi connectivity index (χ1n) is 5.96. The largest absolute Gasteiger partial charge is 0.464 e. The fourth-order valence-electron chi connectivity index (χ4n) is 1.75. The van der Waals surface area contributed by atoms with Crippen LogP contribution in [0.4, 0.5) is 0 Å². The van der Waals surface area contributed by atoms with Gasteiger partial charge in [0.15, 0.2) is 0 Å². The number of rotatable bonds is 5. The molecule has 1 heterocycles. The van der Waals surface area contributed by atoms with E-state index in [9.17, 15) is 8.42 Å². The second kappa shape index (κ2) is 6.09. The molecule has 1 aromatic carbocycles. The van der Waals surface area contributed by atoms with Crippen LogP contribution in [0.25, 0.3) is 0 Å². The van der Waals surface area contributed by atoms with E-state index in [0.717, 1.165) is 10.0 Å². The zero-order valence-corrected chi connectivity index (χ0v) is 13.3. The molecule has 2 aromatic rings. The Balaban J connectivity index is 2.14. The first kappa shape index (κ1) is 15.2. The fourth-order valence-corrected chi connectivity index (χ4v) is 3.23. The fraction of sp³-hybridized carbons (Fsp3) is 0.231. The predicted molar refractivity (Wildman–Crippen MR) is 79.5 cm³/mol. The second-order valence-corrected chi connectivity index (χ2v) is 6.94. The molecule has 0 unspecified atom stereocenters. The minimum absolute atomic E-state index is 0.134. The predicted octanol–water partition coefficient (Wildman–Crippen LogP) is 2.29. The number of nitrogens with two attached hydrogens (primary N) is 1. The van der Waals surface area contributed by atoms with Crippen molar-refractivity contribution < 1.29 is 12.8 Å². The van der Waals surface area contributed by atoms with E-state index in [-0.39, 0.29) is 18.0 Å². The molecule has 3 N–H and O–H groups in total. The molecule has 0 radical (unpaired) electrons. The molecular formula is C13H15BrN2O3S. The number of benzene rings is 1. The van der Waals surface area contributed by atoms with Gasteiger partial charge in [0.25, 0.3) is 0 Å². The molecule has 0 aliphatic rings. The highest BCUT2D eigenvalue weighted by Crippen LogP contribution is 2.20. The molecule has 0 amide bonds. The Hall–Kier alpha value is -1.15. The van der Waals surface area contributed by atoms with E-state index in [2.05, 4.69) is 20.7 Å². The van der Waals surface area contributed by atoms with Crippen LogP contribution in [0.1, 0.15) is 17.1 Å². The van der Waals surface area contributed by atoms with Crippen molar-refractivity contribution >= 4 is 26.0 Å². The summed E-state index contributed by atoms with van der Waals surface area (Å²) >= 11 is 3.33. The monoisotopic (exact) mass is 358 g/mol. The normalized spacial score (nSPS) is 11.8. The smallest absolute Gasteiger partial charge is 0.244 e. The minimum Gasteiger partial charge on any atom is -0.464 e. The van der Waals surface area contributed by atoms with Gasteiger partial charge in [-0.25, -0.2) is 13.1 Å². The van der Waals surface area contributed by atoms with Crippen LogP contribution >= 0.6 is 15.9 Å². The van der Waals surface area contributed by atoms with E-state index in [4.69, 9.17) is 10.2 Å². The maximum absolute atomic E-state index is 12.2. The maximum atomic E-state index is 12.2. The van der Waals surface area contributed by atoms with Crippen LogP contribution < -0.4 is 10.5 Å². The number of sulfonamides is 1.